The van der Waals surface area contributed by atoms with Crippen LogP contribution in [0.3, 0.4) is 0 Å². The average Bonchev–Trinajstić information content (AvgIpc) is 2.72. The quantitative estimate of drug-likeness (QED) is 0.607. The lowest BCUT2D eigenvalue weighted by molar-refractivity contribution is 0.0945. The first kappa shape index (κ1) is 20.5. The van der Waals surface area contributed by atoms with E-state index in [0.29, 0.717) is 29.9 Å². The molecule has 6 nitrogen and oxygen atoms in total. The van der Waals surface area contributed by atoms with Crippen molar-refractivity contribution in [3.05, 3.63) is 77.5 Å². The molecular formula is C23H27N5O. The summed E-state index contributed by atoms with van der Waals surface area (Å²) in [6, 6.07) is 11.8. The fourth-order valence-corrected chi connectivity index (χ4v) is 3.15. The fraction of sp³-hybridized carbons (Fsp3) is 0.304. The van der Waals surface area contributed by atoms with Gasteiger partial charge in [-0.2, -0.15) is 0 Å². The number of benzene rings is 1. The van der Waals surface area contributed by atoms with Gasteiger partial charge in [0, 0.05) is 30.7 Å². The van der Waals surface area contributed by atoms with Crippen molar-refractivity contribution >= 4 is 17.4 Å². The van der Waals surface area contributed by atoms with Crippen LogP contribution in [0.4, 0.5) is 11.5 Å². The van der Waals surface area contributed by atoms with Crippen molar-refractivity contribution in [1.82, 2.24) is 20.3 Å². The number of aromatic nitrogens is 3. The zero-order chi connectivity index (χ0) is 20.8. The second-order valence-electron chi connectivity index (χ2n) is 7.58. The largest absolute Gasteiger partial charge is 0.347 e. The van der Waals surface area contributed by atoms with Gasteiger partial charge in [0.15, 0.2) is 0 Å². The van der Waals surface area contributed by atoms with Crippen LogP contribution in [0.5, 0.6) is 0 Å². The highest BCUT2D eigenvalue weighted by Gasteiger charge is 2.15. The molecule has 0 bridgehead atoms. The maximum atomic E-state index is 12.5. The molecule has 0 saturated heterocycles. The van der Waals surface area contributed by atoms with Crippen LogP contribution >= 0.6 is 0 Å². The molecule has 0 aliphatic carbocycles. The van der Waals surface area contributed by atoms with Crippen LogP contribution < -0.4 is 10.6 Å². The number of para-hydroxylation sites is 1. The van der Waals surface area contributed by atoms with Gasteiger partial charge >= 0.3 is 0 Å². The van der Waals surface area contributed by atoms with Gasteiger partial charge in [-0.15, -0.1) is 0 Å². The Morgan fingerprint density at radius 2 is 1.72 bits per heavy atom. The molecule has 1 aromatic carbocycles. The summed E-state index contributed by atoms with van der Waals surface area (Å²) < 4.78 is 0. The lowest BCUT2D eigenvalue weighted by Crippen LogP contribution is -2.24. The molecular weight excluding hydrogens is 362 g/mol. The maximum Gasteiger partial charge on any atom is 0.270 e. The van der Waals surface area contributed by atoms with E-state index in [0.717, 1.165) is 11.3 Å². The first-order chi connectivity index (χ1) is 14.0. The summed E-state index contributed by atoms with van der Waals surface area (Å²) in [6.45, 7) is 9.07. The fourth-order valence-electron chi connectivity index (χ4n) is 3.15. The van der Waals surface area contributed by atoms with Crippen molar-refractivity contribution in [3.63, 3.8) is 0 Å². The zero-order valence-electron chi connectivity index (χ0n) is 17.3. The molecule has 3 rings (SSSR count). The van der Waals surface area contributed by atoms with E-state index in [1.807, 2.05) is 12.1 Å². The number of nitrogens with one attached hydrogen (secondary N) is 2. The molecule has 0 fully saturated rings. The Morgan fingerprint density at radius 1 is 1.00 bits per heavy atom. The smallest absolute Gasteiger partial charge is 0.270 e. The van der Waals surface area contributed by atoms with Gasteiger partial charge in [0.1, 0.15) is 17.8 Å². The van der Waals surface area contributed by atoms with Crippen LogP contribution in [-0.2, 0) is 6.54 Å². The number of nitrogens with zero attached hydrogens (tertiary/aromatic N) is 3. The minimum Gasteiger partial charge on any atom is -0.347 e. The molecule has 0 unspecified atom stereocenters. The van der Waals surface area contributed by atoms with Gasteiger partial charge < -0.3 is 10.6 Å². The highest BCUT2D eigenvalue weighted by Crippen LogP contribution is 2.34. The van der Waals surface area contributed by atoms with Crippen molar-refractivity contribution in [1.29, 1.82) is 0 Å². The van der Waals surface area contributed by atoms with E-state index in [1.165, 1.54) is 17.5 Å². The van der Waals surface area contributed by atoms with Crippen LogP contribution in [0.2, 0.25) is 0 Å². The number of pyridine rings is 1. The lowest BCUT2D eigenvalue weighted by atomic mass is 9.92. The minimum atomic E-state index is -0.250. The Bertz CT molecular complexity index is 944. The molecule has 1 amide bonds. The highest BCUT2D eigenvalue weighted by molar-refractivity contribution is 5.93. The van der Waals surface area contributed by atoms with Gasteiger partial charge in [0.25, 0.3) is 5.91 Å². The van der Waals surface area contributed by atoms with Crippen molar-refractivity contribution in [2.75, 3.05) is 5.32 Å². The van der Waals surface area contributed by atoms with Crippen LogP contribution in [-0.4, -0.2) is 20.9 Å². The molecule has 0 saturated carbocycles. The number of carbonyl (C=O) groups excluding carboxylic acids is 1. The van der Waals surface area contributed by atoms with Crippen molar-refractivity contribution in [2.24, 2.45) is 0 Å². The summed E-state index contributed by atoms with van der Waals surface area (Å²) in [5.74, 6) is 1.07. The third kappa shape index (κ3) is 5.16. The molecule has 0 aliphatic rings. The SMILES string of the molecule is CC(C)c1cccc(C(C)C)c1Nc1cc(C(=O)NCc2cccnc2)ncn1. The molecule has 2 N–H and O–H groups in total. The Labute approximate surface area is 171 Å². The second kappa shape index (κ2) is 9.28. The predicted octanol–water partition coefficient (Wildman–Crippen LogP) is 4.79. The summed E-state index contributed by atoms with van der Waals surface area (Å²) >= 11 is 0. The molecule has 150 valence electrons. The van der Waals surface area contributed by atoms with Gasteiger partial charge in [0.2, 0.25) is 0 Å². The molecule has 2 aromatic heterocycles. The third-order valence-corrected chi connectivity index (χ3v) is 4.70. The summed E-state index contributed by atoms with van der Waals surface area (Å²) in [5, 5.41) is 6.30. The second-order valence-corrected chi connectivity index (χ2v) is 7.58. The van der Waals surface area contributed by atoms with Crippen LogP contribution in [0.1, 0.15) is 66.7 Å². The van der Waals surface area contributed by atoms with Crippen molar-refractivity contribution < 1.29 is 4.79 Å². The summed E-state index contributed by atoms with van der Waals surface area (Å²) in [5.41, 5.74) is 4.74. The molecule has 3 aromatic rings. The Balaban J connectivity index is 1.81. The highest BCUT2D eigenvalue weighted by atomic mass is 16.1. The van der Waals surface area contributed by atoms with Crippen LogP contribution in [0.25, 0.3) is 0 Å². The molecule has 0 aliphatic heterocycles. The van der Waals surface area contributed by atoms with E-state index in [2.05, 4.69) is 71.5 Å². The molecule has 0 spiro atoms. The number of rotatable bonds is 7. The number of hydrogen-bond acceptors (Lipinski definition) is 5. The first-order valence-corrected chi connectivity index (χ1v) is 9.84. The first-order valence-electron chi connectivity index (χ1n) is 9.84. The van der Waals surface area contributed by atoms with Crippen molar-refractivity contribution in [2.45, 2.75) is 46.1 Å². The van der Waals surface area contributed by atoms with Gasteiger partial charge in [-0.05, 0) is 34.6 Å². The summed E-state index contributed by atoms with van der Waals surface area (Å²) in [6.07, 6.45) is 4.84. The number of amides is 1. The van der Waals surface area contributed by atoms with Crippen LogP contribution in [0, 0.1) is 0 Å². The Morgan fingerprint density at radius 3 is 2.34 bits per heavy atom. The Hall–Kier alpha value is -3.28. The molecule has 0 atom stereocenters. The minimum absolute atomic E-state index is 0.250. The van der Waals surface area contributed by atoms with Crippen molar-refractivity contribution in [3.8, 4) is 0 Å². The van der Waals surface area contributed by atoms with E-state index in [4.69, 9.17) is 0 Å². The number of carbonyl (C=O) groups is 1. The van der Waals surface area contributed by atoms with E-state index >= 15 is 0 Å². The topological polar surface area (TPSA) is 79.8 Å². The molecule has 0 radical (unpaired) electrons. The monoisotopic (exact) mass is 389 g/mol. The zero-order valence-corrected chi connectivity index (χ0v) is 17.3. The number of anilines is 2. The molecule has 6 heteroatoms. The third-order valence-electron chi connectivity index (χ3n) is 4.70. The summed E-state index contributed by atoms with van der Waals surface area (Å²) in [4.78, 5) is 25.0. The van der Waals surface area contributed by atoms with Gasteiger partial charge in [0.05, 0.1) is 0 Å². The lowest BCUT2D eigenvalue weighted by Gasteiger charge is -2.20. The molecule has 2 heterocycles. The van der Waals surface area contributed by atoms with Gasteiger partial charge in [-0.25, -0.2) is 9.97 Å². The van der Waals surface area contributed by atoms with E-state index in [9.17, 15) is 4.79 Å². The van der Waals surface area contributed by atoms with E-state index < -0.39 is 0 Å². The number of hydrogen-bond donors (Lipinski definition) is 2. The van der Waals surface area contributed by atoms with E-state index in [1.54, 1.807) is 18.5 Å². The van der Waals surface area contributed by atoms with Crippen LogP contribution in [0.15, 0.2) is 55.1 Å². The predicted molar refractivity (Wildman–Crippen MR) is 115 cm³/mol. The normalized spacial score (nSPS) is 11.0. The average molecular weight is 390 g/mol. The maximum absolute atomic E-state index is 12.5. The van der Waals surface area contributed by atoms with E-state index in [-0.39, 0.29) is 5.91 Å². The summed E-state index contributed by atoms with van der Waals surface area (Å²) in [7, 11) is 0. The van der Waals surface area contributed by atoms with Gasteiger partial charge in [-0.1, -0.05) is 52.0 Å². The molecule has 29 heavy (non-hydrogen) atoms. The van der Waals surface area contributed by atoms with Gasteiger partial charge in [-0.3, -0.25) is 9.78 Å². The Kier molecular flexibility index (Phi) is 6.54. The standard InChI is InChI=1S/C23H27N5O/c1-15(2)18-8-5-9-19(16(3)4)22(18)28-21-11-20(26-14-27-21)23(29)25-13-17-7-6-10-24-12-17/h5-12,14-16H,13H2,1-4H3,(H,25,29)(H,26,27,28).